The van der Waals surface area contributed by atoms with Gasteiger partial charge in [-0.05, 0) is 49.4 Å². The van der Waals surface area contributed by atoms with Gasteiger partial charge in [0.1, 0.15) is 12.7 Å². The smallest absolute Gasteiger partial charge is 0.251 e. The van der Waals surface area contributed by atoms with Crippen LogP contribution in [0.2, 0.25) is 0 Å². The van der Waals surface area contributed by atoms with Crippen molar-refractivity contribution in [2.75, 3.05) is 13.2 Å². The topological polar surface area (TPSA) is 65.4 Å². The number of carbonyl (C=O) groups is 1. The molecule has 1 aliphatic heterocycles. The van der Waals surface area contributed by atoms with Gasteiger partial charge in [0.2, 0.25) is 0 Å². The highest BCUT2D eigenvalue weighted by atomic mass is 16.6. The highest BCUT2D eigenvalue weighted by Gasteiger charge is 2.21. The second kappa shape index (κ2) is 6.92. The van der Waals surface area contributed by atoms with Crippen LogP contribution in [0.1, 0.15) is 16.1 Å². The minimum Gasteiger partial charge on any atom is -0.486 e. The number of carbonyl (C=O) groups excluding carboxylic acids is 1. The number of rotatable bonds is 4. The van der Waals surface area contributed by atoms with Crippen molar-refractivity contribution in [3.8, 4) is 17.2 Å². The van der Waals surface area contributed by atoms with Gasteiger partial charge in [0.05, 0.1) is 12.2 Å². The minimum atomic E-state index is -0.208. The van der Waals surface area contributed by atoms with Crippen LogP contribution in [-0.4, -0.2) is 34.9 Å². The van der Waals surface area contributed by atoms with Crippen LogP contribution in [0.4, 0.5) is 0 Å². The summed E-state index contributed by atoms with van der Waals surface area (Å²) in [5.74, 6) is 1.30. The van der Waals surface area contributed by atoms with Gasteiger partial charge in [-0.25, -0.2) is 4.68 Å². The largest absolute Gasteiger partial charge is 0.486 e. The normalized spacial score (nSPS) is 15.5. The Hall–Kier alpha value is -3.28. The monoisotopic (exact) mass is 349 g/mol. The molecule has 4 rings (SSSR count). The van der Waals surface area contributed by atoms with Crippen molar-refractivity contribution in [3.63, 3.8) is 0 Å². The minimum absolute atomic E-state index is 0.142. The van der Waals surface area contributed by atoms with E-state index >= 15 is 0 Å². The molecule has 1 aromatic heterocycles. The first kappa shape index (κ1) is 16.2. The standard InChI is InChI=1S/C20H19N3O3/c1-14-10-11-22-23(14)16-8-6-15(7-9-16)20(24)21-12-17-13-25-18-4-2-3-5-19(18)26-17/h2-11,17H,12-13H2,1H3,(H,21,24)/t17-/m0/s1. The van der Waals surface area contributed by atoms with Gasteiger partial charge in [-0.15, -0.1) is 0 Å². The number of ether oxygens (including phenoxy) is 2. The molecular formula is C20H19N3O3. The highest BCUT2D eigenvalue weighted by molar-refractivity contribution is 5.94. The van der Waals surface area contributed by atoms with Gasteiger partial charge in [-0.2, -0.15) is 5.10 Å². The molecule has 2 aromatic carbocycles. The number of nitrogens with one attached hydrogen (secondary N) is 1. The van der Waals surface area contributed by atoms with Crippen molar-refractivity contribution in [1.82, 2.24) is 15.1 Å². The number of para-hydroxylation sites is 2. The summed E-state index contributed by atoms with van der Waals surface area (Å²) in [6.07, 6.45) is 1.54. The van der Waals surface area contributed by atoms with E-state index in [4.69, 9.17) is 9.47 Å². The van der Waals surface area contributed by atoms with Gasteiger partial charge < -0.3 is 14.8 Å². The van der Waals surface area contributed by atoms with Crippen molar-refractivity contribution in [2.24, 2.45) is 0 Å². The number of hydrogen-bond donors (Lipinski definition) is 1. The number of aromatic nitrogens is 2. The fourth-order valence-electron chi connectivity index (χ4n) is 2.87. The van der Waals surface area contributed by atoms with Gasteiger partial charge in [0.15, 0.2) is 11.5 Å². The molecule has 2 heterocycles. The summed E-state index contributed by atoms with van der Waals surface area (Å²) in [4.78, 5) is 12.4. The first-order valence-electron chi connectivity index (χ1n) is 8.48. The molecule has 3 aromatic rings. The third kappa shape index (κ3) is 3.26. The molecule has 0 aliphatic carbocycles. The third-order valence-electron chi connectivity index (χ3n) is 4.26. The zero-order valence-corrected chi connectivity index (χ0v) is 14.4. The summed E-state index contributed by atoms with van der Waals surface area (Å²) in [6, 6.07) is 16.8. The van der Waals surface area contributed by atoms with E-state index in [0.717, 1.165) is 17.1 Å². The number of hydrogen-bond acceptors (Lipinski definition) is 4. The second-order valence-corrected chi connectivity index (χ2v) is 6.14. The molecule has 1 amide bonds. The van der Waals surface area contributed by atoms with Crippen LogP contribution in [0.25, 0.3) is 5.69 Å². The van der Waals surface area contributed by atoms with Gasteiger partial charge in [-0.3, -0.25) is 4.79 Å². The van der Waals surface area contributed by atoms with E-state index in [9.17, 15) is 4.79 Å². The predicted octanol–water partition coefficient (Wildman–Crippen LogP) is 2.75. The molecule has 0 saturated carbocycles. The number of aryl methyl sites for hydroxylation is 1. The molecule has 6 nitrogen and oxygen atoms in total. The van der Waals surface area contributed by atoms with Gasteiger partial charge in [0.25, 0.3) is 5.91 Å². The van der Waals surface area contributed by atoms with Crippen LogP contribution in [0, 0.1) is 6.92 Å². The maximum Gasteiger partial charge on any atom is 0.251 e. The number of amides is 1. The van der Waals surface area contributed by atoms with E-state index < -0.39 is 0 Å². The molecule has 1 atom stereocenters. The molecule has 0 spiro atoms. The summed E-state index contributed by atoms with van der Waals surface area (Å²) in [7, 11) is 0. The second-order valence-electron chi connectivity index (χ2n) is 6.14. The van der Waals surface area contributed by atoms with E-state index in [2.05, 4.69) is 10.4 Å². The maximum absolute atomic E-state index is 12.4. The molecule has 1 N–H and O–H groups in total. The van der Waals surface area contributed by atoms with E-state index in [1.807, 2.05) is 54.1 Å². The SMILES string of the molecule is Cc1ccnn1-c1ccc(C(=O)NC[C@H]2COc3ccccc3O2)cc1. The van der Waals surface area contributed by atoms with Crippen molar-refractivity contribution >= 4 is 5.91 Å². The third-order valence-corrected chi connectivity index (χ3v) is 4.26. The lowest BCUT2D eigenvalue weighted by Crippen LogP contribution is -2.40. The Balaban J connectivity index is 1.36. The zero-order valence-electron chi connectivity index (χ0n) is 14.4. The molecule has 0 saturated heterocycles. The molecule has 1 aliphatic rings. The molecule has 0 radical (unpaired) electrons. The fourth-order valence-corrected chi connectivity index (χ4v) is 2.87. The molecule has 0 unspecified atom stereocenters. The fraction of sp³-hybridized carbons (Fsp3) is 0.200. The lowest BCUT2D eigenvalue weighted by molar-refractivity contribution is 0.0789. The van der Waals surface area contributed by atoms with Crippen LogP contribution in [-0.2, 0) is 0 Å². The summed E-state index contributed by atoms with van der Waals surface area (Å²) in [6.45, 7) is 2.78. The summed E-state index contributed by atoms with van der Waals surface area (Å²) in [5, 5.41) is 7.16. The molecule has 26 heavy (non-hydrogen) atoms. The van der Waals surface area contributed by atoms with Crippen LogP contribution in [0.15, 0.2) is 60.8 Å². The van der Waals surface area contributed by atoms with Crippen molar-refractivity contribution < 1.29 is 14.3 Å². The Labute approximate surface area is 151 Å². The molecule has 132 valence electrons. The molecule has 0 bridgehead atoms. The Bertz CT molecular complexity index is 918. The maximum atomic E-state index is 12.4. The average molecular weight is 349 g/mol. The Morgan fingerprint density at radius 3 is 2.65 bits per heavy atom. The summed E-state index contributed by atoms with van der Waals surface area (Å²) < 4.78 is 13.3. The Morgan fingerprint density at radius 1 is 1.15 bits per heavy atom. The lowest BCUT2D eigenvalue weighted by Gasteiger charge is -2.26. The molecule has 0 fully saturated rings. The first-order chi connectivity index (χ1) is 12.7. The van der Waals surface area contributed by atoms with E-state index in [1.165, 1.54) is 0 Å². The molecule has 6 heteroatoms. The predicted molar refractivity (Wildman–Crippen MR) is 97.0 cm³/mol. The number of fused-ring (bicyclic) bond motifs is 1. The van der Waals surface area contributed by atoms with E-state index in [0.29, 0.717) is 24.5 Å². The molecular weight excluding hydrogens is 330 g/mol. The number of nitrogens with zero attached hydrogens (tertiary/aromatic N) is 2. The lowest BCUT2D eigenvalue weighted by atomic mass is 10.2. The van der Waals surface area contributed by atoms with Crippen molar-refractivity contribution in [2.45, 2.75) is 13.0 Å². The Kier molecular flexibility index (Phi) is 4.31. The summed E-state index contributed by atoms with van der Waals surface area (Å²) in [5.41, 5.74) is 2.55. The number of benzene rings is 2. The first-order valence-corrected chi connectivity index (χ1v) is 8.48. The van der Waals surface area contributed by atoms with Crippen LogP contribution >= 0.6 is 0 Å². The highest BCUT2D eigenvalue weighted by Crippen LogP contribution is 2.30. The average Bonchev–Trinajstić information content (AvgIpc) is 3.12. The van der Waals surface area contributed by atoms with E-state index in [-0.39, 0.29) is 12.0 Å². The van der Waals surface area contributed by atoms with Crippen LogP contribution < -0.4 is 14.8 Å². The van der Waals surface area contributed by atoms with E-state index in [1.54, 1.807) is 18.3 Å². The van der Waals surface area contributed by atoms with Gasteiger partial charge in [-0.1, -0.05) is 12.1 Å². The quantitative estimate of drug-likeness (QED) is 0.787. The van der Waals surface area contributed by atoms with Crippen LogP contribution in [0.3, 0.4) is 0 Å². The van der Waals surface area contributed by atoms with Gasteiger partial charge >= 0.3 is 0 Å². The van der Waals surface area contributed by atoms with Crippen LogP contribution in [0.5, 0.6) is 11.5 Å². The summed E-state index contributed by atoms with van der Waals surface area (Å²) >= 11 is 0. The zero-order chi connectivity index (χ0) is 17.9. The Morgan fingerprint density at radius 2 is 1.92 bits per heavy atom. The van der Waals surface area contributed by atoms with Crippen molar-refractivity contribution in [1.29, 1.82) is 0 Å². The van der Waals surface area contributed by atoms with Crippen molar-refractivity contribution in [3.05, 3.63) is 72.1 Å². The van der Waals surface area contributed by atoms with Gasteiger partial charge in [0, 0.05) is 17.5 Å².